The van der Waals surface area contributed by atoms with Crippen LogP contribution in [0.3, 0.4) is 0 Å². The van der Waals surface area contributed by atoms with Crippen molar-refractivity contribution in [2.75, 3.05) is 26.2 Å². The Kier molecular flexibility index (Phi) is 5.37. The molecule has 1 fully saturated rings. The fourth-order valence-electron chi connectivity index (χ4n) is 1.36. The van der Waals surface area contributed by atoms with Crippen molar-refractivity contribution in [2.24, 2.45) is 0 Å². The number of rotatable bonds is 6. The van der Waals surface area contributed by atoms with E-state index in [9.17, 15) is 14.4 Å². The molecule has 17 heavy (non-hydrogen) atoms. The van der Waals surface area contributed by atoms with Crippen LogP contribution in [0.4, 0.5) is 0 Å². The number of carboxylic acid groups (broad SMARTS) is 1. The van der Waals surface area contributed by atoms with Crippen LogP contribution >= 0.6 is 0 Å². The molecule has 0 aromatic rings. The molecule has 8 heteroatoms. The number of aliphatic carboxylic acids is 1. The zero-order valence-electron chi connectivity index (χ0n) is 9.29. The SMILES string of the molecule is O=CN(OC(=O)CCC(=O)O)N1CCNCC1. The molecule has 1 heterocycles. The van der Waals surface area contributed by atoms with Gasteiger partial charge in [-0.05, 0) is 0 Å². The van der Waals surface area contributed by atoms with Crippen molar-refractivity contribution in [3.8, 4) is 0 Å². The third-order valence-corrected chi connectivity index (χ3v) is 2.20. The molecule has 0 bridgehead atoms. The lowest BCUT2D eigenvalue weighted by atomic mass is 10.3. The Bertz CT molecular complexity index is 290. The standard InChI is InChI=1S/C9H15N3O5/c13-7-12(11-5-3-10-4-6-11)17-9(16)2-1-8(14)15/h7,10H,1-6H2,(H,14,15). The summed E-state index contributed by atoms with van der Waals surface area (Å²) in [5.74, 6) is -1.82. The van der Waals surface area contributed by atoms with Crippen molar-refractivity contribution < 1.29 is 24.3 Å². The molecule has 0 aliphatic carbocycles. The maximum atomic E-state index is 11.2. The zero-order valence-corrected chi connectivity index (χ0v) is 9.29. The Morgan fingerprint density at radius 3 is 2.53 bits per heavy atom. The van der Waals surface area contributed by atoms with Crippen LogP contribution in [0, 0.1) is 0 Å². The molecule has 2 N–H and O–H groups in total. The van der Waals surface area contributed by atoms with Gasteiger partial charge in [0.2, 0.25) is 0 Å². The molecule has 0 spiro atoms. The zero-order chi connectivity index (χ0) is 12.7. The average molecular weight is 245 g/mol. The number of carbonyl (C=O) groups is 3. The largest absolute Gasteiger partial charge is 0.481 e. The van der Waals surface area contributed by atoms with Gasteiger partial charge in [-0.25, -0.2) is 4.79 Å². The predicted molar refractivity (Wildman–Crippen MR) is 55.3 cm³/mol. The molecule has 8 nitrogen and oxygen atoms in total. The number of piperazine rings is 1. The molecule has 0 aromatic heterocycles. The van der Waals surface area contributed by atoms with Gasteiger partial charge in [0.15, 0.2) is 0 Å². The topological polar surface area (TPSA) is 99.2 Å². The number of hydrogen-bond acceptors (Lipinski definition) is 6. The maximum Gasteiger partial charge on any atom is 0.335 e. The number of hydrogen-bond donors (Lipinski definition) is 2. The summed E-state index contributed by atoms with van der Waals surface area (Å²) in [6.45, 7) is 2.48. The van der Waals surface area contributed by atoms with Gasteiger partial charge in [0.05, 0.1) is 12.8 Å². The highest BCUT2D eigenvalue weighted by Gasteiger charge is 2.20. The fourth-order valence-corrected chi connectivity index (χ4v) is 1.36. The monoisotopic (exact) mass is 245 g/mol. The summed E-state index contributed by atoms with van der Waals surface area (Å²) in [6.07, 6.45) is -0.178. The number of carbonyl (C=O) groups excluding carboxylic acids is 2. The molecule has 1 rings (SSSR count). The second-order valence-corrected chi connectivity index (χ2v) is 3.47. The summed E-state index contributed by atoms with van der Waals surface area (Å²) >= 11 is 0. The summed E-state index contributed by atoms with van der Waals surface area (Å²) in [5, 5.41) is 13.9. The van der Waals surface area contributed by atoms with E-state index in [2.05, 4.69) is 5.32 Å². The van der Waals surface area contributed by atoms with Gasteiger partial charge in [-0.2, -0.15) is 5.01 Å². The average Bonchev–Trinajstić information content (AvgIpc) is 2.34. The van der Waals surface area contributed by atoms with Crippen molar-refractivity contribution in [3.05, 3.63) is 0 Å². The minimum atomic E-state index is -1.08. The van der Waals surface area contributed by atoms with Crippen molar-refractivity contribution in [1.29, 1.82) is 0 Å². The molecule has 0 saturated carbocycles. The minimum absolute atomic E-state index is 0.258. The summed E-state index contributed by atoms with van der Waals surface area (Å²) in [4.78, 5) is 37.0. The van der Waals surface area contributed by atoms with Crippen LogP contribution in [0.15, 0.2) is 0 Å². The van der Waals surface area contributed by atoms with Gasteiger partial charge in [0.1, 0.15) is 0 Å². The number of nitrogens with one attached hydrogen (secondary N) is 1. The van der Waals surface area contributed by atoms with Gasteiger partial charge >= 0.3 is 11.9 Å². The van der Waals surface area contributed by atoms with Gasteiger partial charge in [-0.15, -0.1) is 0 Å². The smallest absolute Gasteiger partial charge is 0.335 e. The van der Waals surface area contributed by atoms with E-state index < -0.39 is 11.9 Å². The van der Waals surface area contributed by atoms with Gasteiger partial charge in [-0.3, -0.25) is 9.59 Å². The molecule has 1 aliphatic rings. The van der Waals surface area contributed by atoms with Crippen LogP contribution in [0.2, 0.25) is 0 Å². The molecular weight excluding hydrogens is 230 g/mol. The van der Waals surface area contributed by atoms with E-state index in [1.807, 2.05) is 0 Å². The molecule has 1 saturated heterocycles. The maximum absolute atomic E-state index is 11.2. The van der Waals surface area contributed by atoms with Crippen molar-refractivity contribution in [2.45, 2.75) is 12.8 Å². The number of carboxylic acids is 1. The first kappa shape index (κ1) is 13.4. The van der Waals surface area contributed by atoms with E-state index in [1.165, 1.54) is 0 Å². The Hall–Kier alpha value is -1.67. The summed E-state index contributed by atoms with van der Waals surface area (Å²) in [5.41, 5.74) is 0. The summed E-state index contributed by atoms with van der Waals surface area (Å²) in [6, 6.07) is 0. The molecule has 0 unspecified atom stereocenters. The number of hydroxylamine groups is 1. The Morgan fingerprint density at radius 2 is 2.00 bits per heavy atom. The summed E-state index contributed by atoms with van der Waals surface area (Å²) < 4.78 is 0. The van der Waals surface area contributed by atoms with Gasteiger partial charge in [0.25, 0.3) is 6.41 Å². The fraction of sp³-hybridized carbons (Fsp3) is 0.667. The number of amides is 1. The van der Waals surface area contributed by atoms with Crippen LogP contribution < -0.4 is 5.32 Å². The Morgan fingerprint density at radius 1 is 1.35 bits per heavy atom. The van der Waals surface area contributed by atoms with E-state index in [0.717, 1.165) is 5.17 Å². The lowest BCUT2D eigenvalue weighted by molar-refractivity contribution is -0.250. The number of hydrazine groups is 1. The van der Waals surface area contributed by atoms with E-state index in [4.69, 9.17) is 9.94 Å². The first-order chi connectivity index (χ1) is 8.13. The highest BCUT2D eigenvalue weighted by atomic mass is 16.7. The molecule has 0 aromatic carbocycles. The van der Waals surface area contributed by atoms with Crippen LogP contribution in [-0.2, 0) is 19.2 Å². The van der Waals surface area contributed by atoms with E-state index in [0.29, 0.717) is 32.6 Å². The van der Waals surface area contributed by atoms with E-state index in [1.54, 1.807) is 5.01 Å². The Balaban J connectivity index is 2.37. The van der Waals surface area contributed by atoms with Crippen LogP contribution in [0.5, 0.6) is 0 Å². The molecule has 0 atom stereocenters. The van der Waals surface area contributed by atoms with Crippen LogP contribution in [0.1, 0.15) is 12.8 Å². The van der Waals surface area contributed by atoms with Crippen LogP contribution in [0.25, 0.3) is 0 Å². The summed E-state index contributed by atoms with van der Waals surface area (Å²) in [7, 11) is 0. The number of nitrogens with zero attached hydrogens (tertiary/aromatic N) is 2. The third kappa shape index (κ3) is 4.79. The first-order valence-electron chi connectivity index (χ1n) is 5.26. The lowest BCUT2D eigenvalue weighted by Crippen LogP contribution is -2.52. The van der Waals surface area contributed by atoms with Gasteiger partial charge < -0.3 is 15.3 Å². The van der Waals surface area contributed by atoms with E-state index in [-0.39, 0.29) is 12.8 Å². The molecule has 1 amide bonds. The molecular formula is C9H15N3O5. The molecule has 96 valence electrons. The quantitative estimate of drug-likeness (QED) is 0.438. The lowest BCUT2D eigenvalue weighted by Gasteiger charge is -2.32. The predicted octanol–water partition coefficient (Wildman–Crippen LogP) is -1.41. The Labute approximate surface area is 98.0 Å². The highest BCUT2D eigenvalue weighted by Crippen LogP contribution is 2.02. The normalized spacial score (nSPS) is 16.2. The molecule has 1 aliphatic heterocycles. The van der Waals surface area contributed by atoms with Crippen molar-refractivity contribution in [1.82, 2.24) is 15.5 Å². The van der Waals surface area contributed by atoms with Crippen LogP contribution in [-0.4, -0.2) is 59.8 Å². The van der Waals surface area contributed by atoms with Crippen molar-refractivity contribution in [3.63, 3.8) is 0 Å². The third-order valence-electron chi connectivity index (χ3n) is 2.20. The molecule has 0 radical (unpaired) electrons. The minimum Gasteiger partial charge on any atom is -0.481 e. The van der Waals surface area contributed by atoms with Gasteiger partial charge in [-0.1, -0.05) is 5.17 Å². The van der Waals surface area contributed by atoms with Gasteiger partial charge in [0, 0.05) is 26.2 Å². The highest BCUT2D eigenvalue weighted by molar-refractivity contribution is 5.76. The second kappa shape index (κ2) is 6.81. The van der Waals surface area contributed by atoms with Crippen molar-refractivity contribution >= 4 is 18.3 Å². The first-order valence-corrected chi connectivity index (χ1v) is 5.26. The second-order valence-electron chi connectivity index (χ2n) is 3.47. The van der Waals surface area contributed by atoms with E-state index >= 15 is 0 Å².